The summed E-state index contributed by atoms with van der Waals surface area (Å²) in [5.41, 5.74) is 0. The Kier molecular flexibility index (Phi) is 6.18. The molecule has 0 unspecified atom stereocenters. The third-order valence-corrected chi connectivity index (χ3v) is 4.61. The highest BCUT2D eigenvalue weighted by molar-refractivity contribution is 5.15. The minimum Gasteiger partial charge on any atom is -0.199 e. The third kappa shape index (κ3) is 3.19. The first kappa shape index (κ1) is 26.8. The molecule has 0 aromatic rings. The van der Waals surface area contributed by atoms with E-state index in [9.17, 15) is 74.6 Å². The first-order valence-electron chi connectivity index (χ1n) is 7.57. The van der Waals surface area contributed by atoms with Gasteiger partial charge >= 0.3 is 47.6 Å². The van der Waals surface area contributed by atoms with Crippen LogP contribution in [0.2, 0.25) is 0 Å². The lowest BCUT2D eigenvalue weighted by Gasteiger charge is -2.43. The minimum atomic E-state index is -8.56. The number of hydrogen-bond donors (Lipinski definition) is 0. The van der Waals surface area contributed by atoms with Crippen LogP contribution in [-0.4, -0.2) is 47.6 Å². The van der Waals surface area contributed by atoms with Crippen LogP contribution in [0.3, 0.4) is 0 Å². The van der Waals surface area contributed by atoms with E-state index in [1.54, 1.807) is 0 Å². The smallest absolute Gasteiger partial charge is 0.199 e. The molecule has 0 aromatic carbocycles. The fourth-order valence-corrected chi connectivity index (χ4v) is 2.72. The van der Waals surface area contributed by atoms with Crippen molar-refractivity contribution in [3.8, 4) is 0 Å². The van der Waals surface area contributed by atoms with E-state index in [0.29, 0.717) is 0 Å². The molecule has 1 aliphatic carbocycles. The quantitative estimate of drug-likeness (QED) is 0.333. The summed E-state index contributed by atoms with van der Waals surface area (Å²) < 4.78 is 222. The van der Waals surface area contributed by atoms with Crippen LogP contribution < -0.4 is 0 Å². The highest BCUT2D eigenvalue weighted by Crippen LogP contribution is 2.65. The Balaban J connectivity index is 3.58. The van der Waals surface area contributed by atoms with Crippen molar-refractivity contribution in [2.75, 3.05) is 0 Å². The second kappa shape index (κ2) is 6.90. The standard InChI is InChI=1S/C13H9F17/c14-6(15,5-3-1-2-4-5)7(16,17)8(18,19)9(20,21)10(22,23)11(24,25)12(26,27)13(28,29)30/h5H,1-4H2. The molecule has 0 saturated heterocycles. The van der Waals surface area contributed by atoms with E-state index < -0.39 is 66.4 Å². The van der Waals surface area contributed by atoms with Crippen LogP contribution in [0.1, 0.15) is 25.7 Å². The average molecular weight is 488 g/mol. The molecule has 0 nitrogen and oxygen atoms in total. The number of alkyl halides is 17. The largest absolute Gasteiger partial charge is 0.460 e. The van der Waals surface area contributed by atoms with Crippen LogP contribution in [0.4, 0.5) is 74.6 Å². The molecular weight excluding hydrogens is 479 g/mol. The maximum atomic E-state index is 13.7. The van der Waals surface area contributed by atoms with Crippen LogP contribution in [0.25, 0.3) is 0 Å². The molecule has 1 rings (SSSR count). The average Bonchev–Trinajstić information content (AvgIpc) is 3.07. The Bertz CT molecular complexity index is 622. The second-order valence-corrected chi connectivity index (χ2v) is 6.55. The predicted molar refractivity (Wildman–Crippen MR) is 62.6 cm³/mol. The fraction of sp³-hybridized carbons (Fsp3) is 1.00. The molecule has 0 radical (unpaired) electrons. The lowest BCUT2D eigenvalue weighted by atomic mass is 9.84. The van der Waals surface area contributed by atoms with E-state index in [0.717, 1.165) is 0 Å². The Morgan fingerprint density at radius 3 is 0.933 bits per heavy atom. The first-order chi connectivity index (χ1) is 12.9. The van der Waals surface area contributed by atoms with Crippen LogP contribution in [0.15, 0.2) is 0 Å². The zero-order valence-corrected chi connectivity index (χ0v) is 13.8. The Morgan fingerprint density at radius 2 is 0.633 bits per heavy atom. The van der Waals surface area contributed by atoms with Gasteiger partial charge in [-0.15, -0.1) is 0 Å². The lowest BCUT2D eigenvalue weighted by molar-refractivity contribution is -0.463. The second-order valence-electron chi connectivity index (χ2n) is 6.55. The molecule has 1 saturated carbocycles. The van der Waals surface area contributed by atoms with Gasteiger partial charge in [0.1, 0.15) is 0 Å². The van der Waals surface area contributed by atoms with Crippen molar-refractivity contribution in [1.82, 2.24) is 0 Å². The van der Waals surface area contributed by atoms with Gasteiger partial charge in [0.2, 0.25) is 0 Å². The lowest BCUT2D eigenvalue weighted by Crippen LogP contribution is -2.74. The van der Waals surface area contributed by atoms with Gasteiger partial charge in [-0.2, -0.15) is 74.6 Å². The minimum absolute atomic E-state index is 0.315. The van der Waals surface area contributed by atoms with Crippen LogP contribution in [0, 0.1) is 5.92 Å². The molecular formula is C13H9F17. The van der Waals surface area contributed by atoms with Gasteiger partial charge in [0.15, 0.2) is 0 Å². The van der Waals surface area contributed by atoms with E-state index in [1.807, 2.05) is 0 Å². The van der Waals surface area contributed by atoms with Gasteiger partial charge in [0.05, 0.1) is 0 Å². The van der Waals surface area contributed by atoms with Gasteiger partial charge in [-0.3, -0.25) is 0 Å². The third-order valence-electron chi connectivity index (χ3n) is 4.61. The molecule has 180 valence electrons. The summed E-state index contributed by atoms with van der Waals surface area (Å²) in [6.07, 6.45) is -10.4. The SMILES string of the molecule is FC(F)(F)C(F)(F)C(F)(F)C(F)(F)C(F)(F)C(F)(F)C(F)(F)C(F)(F)C1CCCC1. The molecule has 0 bridgehead atoms. The summed E-state index contributed by atoms with van der Waals surface area (Å²) in [5, 5.41) is 0. The number of hydrogen-bond acceptors (Lipinski definition) is 0. The molecule has 17 heteroatoms. The molecule has 1 fully saturated rings. The van der Waals surface area contributed by atoms with Crippen molar-refractivity contribution in [2.45, 2.75) is 73.3 Å². The van der Waals surface area contributed by atoms with Crippen LogP contribution in [-0.2, 0) is 0 Å². The fourth-order valence-electron chi connectivity index (χ4n) is 2.72. The maximum absolute atomic E-state index is 13.7. The Hall–Kier alpha value is -1.19. The van der Waals surface area contributed by atoms with Crippen molar-refractivity contribution in [3.63, 3.8) is 0 Å². The molecule has 0 spiro atoms. The summed E-state index contributed by atoms with van der Waals surface area (Å²) in [5.74, 6) is -58.4. The molecule has 0 aliphatic heterocycles. The van der Waals surface area contributed by atoms with Gasteiger partial charge in [-0.25, -0.2) is 0 Å². The van der Waals surface area contributed by atoms with Crippen LogP contribution >= 0.6 is 0 Å². The highest BCUT2D eigenvalue weighted by Gasteiger charge is 2.95. The van der Waals surface area contributed by atoms with Gasteiger partial charge < -0.3 is 0 Å². The Morgan fingerprint density at radius 1 is 0.367 bits per heavy atom. The molecule has 0 N–H and O–H groups in total. The van der Waals surface area contributed by atoms with Crippen molar-refractivity contribution in [2.24, 2.45) is 5.92 Å². The highest BCUT2D eigenvalue weighted by atomic mass is 19.4. The monoisotopic (exact) mass is 488 g/mol. The van der Waals surface area contributed by atoms with Gasteiger partial charge in [0.25, 0.3) is 0 Å². The zero-order chi connectivity index (χ0) is 24.4. The number of rotatable bonds is 7. The van der Waals surface area contributed by atoms with E-state index in [-0.39, 0.29) is 12.8 Å². The Labute approximate surface area is 155 Å². The topological polar surface area (TPSA) is 0 Å². The van der Waals surface area contributed by atoms with Crippen molar-refractivity contribution in [3.05, 3.63) is 0 Å². The summed E-state index contributed by atoms with van der Waals surface area (Å²) in [4.78, 5) is 0. The molecule has 0 heterocycles. The van der Waals surface area contributed by atoms with Crippen molar-refractivity contribution >= 4 is 0 Å². The van der Waals surface area contributed by atoms with E-state index >= 15 is 0 Å². The summed E-state index contributed by atoms with van der Waals surface area (Å²) in [6, 6.07) is 0. The van der Waals surface area contributed by atoms with Crippen molar-refractivity contribution in [1.29, 1.82) is 0 Å². The first-order valence-corrected chi connectivity index (χ1v) is 7.57. The summed E-state index contributed by atoms with van der Waals surface area (Å²) in [7, 11) is 0. The normalized spacial score (nSPS) is 19.5. The van der Waals surface area contributed by atoms with Gasteiger partial charge in [-0.05, 0) is 12.8 Å². The van der Waals surface area contributed by atoms with Gasteiger partial charge in [0, 0.05) is 5.92 Å². The summed E-state index contributed by atoms with van der Waals surface area (Å²) >= 11 is 0. The summed E-state index contributed by atoms with van der Waals surface area (Å²) in [6.45, 7) is 0. The van der Waals surface area contributed by atoms with E-state index in [4.69, 9.17) is 0 Å². The number of halogens is 17. The predicted octanol–water partition coefficient (Wildman–Crippen LogP) is 7.19. The van der Waals surface area contributed by atoms with E-state index in [1.165, 1.54) is 0 Å². The maximum Gasteiger partial charge on any atom is 0.460 e. The molecule has 30 heavy (non-hydrogen) atoms. The van der Waals surface area contributed by atoms with Crippen molar-refractivity contribution < 1.29 is 74.6 Å². The molecule has 0 aromatic heterocycles. The van der Waals surface area contributed by atoms with Gasteiger partial charge in [-0.1, -0.05) is 12.8 Å². The molecule has 1 aliphatic rings. The molecule has 0 amide bonds. The zero-order valence-electron chi connectivity index (χ0n) is 13.8. The molecule has 0 atom stereocenters. The van der Waals surface area contributed by atoms with Crippen LogP contribution in [0.5, 0.6) is 0 Å². The van der Waals surface area contributed by atoms with E-state index in [2.05, 4.69) is 0 Å².